The second kappa shape index (κ2) is 7.00. The van der Waals surface area contributed by atoms with Crippen LogP contribution in [0.3, 0.4) is 0 Å². The summed E-state index contributed by atoms with van der Waals surface area (Å²) in [6.07, 6.45) is 4.97. The number of aliphatic hydroxyl groups excluding tert-OH is 1. The Hall–Kier alpha value is -1.46. The second-order valence-corrected chi connectivity index (χ2v) is 5.69. The fraction of sp³-hybridized carbons (Fsp3) is 0.625. The van der Waals surface area contributed by atoms with E-state index in [1.807, 2.05) is 0 Å². The average molecular weight is 295 g/mol. The lowest BCUT2D eigenvalue weighted by Crippen LogP contribution is -2.34. The number of nitrogens with two attached hydrogens (primary N) is 1. The van der Waals surface area contributed by atoms with Gasteiger partial charge in [0.1, 0.15) is 0 Å². The Morgan fingerprint density at radius 1 is 1.10 bits per heavy atom. The van der Waals surface area contributed by atoms with Crippen LogP contribution >= 0.6 is 0 Å². The van der Waals surface area contributed by atoms with Gasteiger partial charge in [0.2, 0.25) is 5.75 Å². The molecule has 118 valence electrons. The van der Waals surface area contributed by atoms with Crippen molar-refractivity contribution in [1.82, 2.24) is 0 Å². The molecule has 1 aromatic carbocycles. The molecule has 0 radical (unpaired) electrons. The van der Waals surface area contributed by atoms with E-state index in [4.69, 9.17) is 15.2 Å². The lowest BCUT2D eigenvalue weighted by atomic mass is 9.81. The minimum Gasteiger partial charge on any atom is -0.502 e. The Balaban J connectivity index is 2.23. The third-order valence-corrected chi connectivity index (χ3v) is 4.39. The Labute approximate surface area is 125 Å². The van der Waals surface area contributed by atoms with Crippen molar-refractivity contribution in [2.24, 2.45) is 11.7 Å². The van der Waals surface area contributed by atoms with E-state index < -0.39 is 12.1 Å². The number of ether oxygens (including phenoxy) is 2. The largest absolute Gasteiger partial charge is 0.502 e. The molecule has 21 heavy (non-hydrogen) atoms. The first-order chi connectivity index (χ1) is 10.1. The smallest absolute Gasteiger partial charge is 0.200 e. The van der Waals surface area contributed by atoms with Crippen molar-refractivity contribution in [1.29, 1.82) is 0 Å². The number of phenols is 1. The van der Waals surface area contributed by atoms with Gasteiger partial charge in [0.05, 0.1) is 26.4 Å². The highest BCUT2D eigenvalue weighted by Crippen LogP contribution is 2.40. The molecule has 1 fully saturated rings. The first-order valence-corrected chi connectivity index (χ1v) is 7.47. The van der Waals surface area contributed by atoms with E-state index in [1.54, 1.807) is 12.1 Å². The summed E-state index contributed by atoms with van der Waals surface area (Å²) in [5.41, 5.74) is 6.93. The van der Waals surface area contributed by atoms with E-state index in [-0.39, 0.29) is 11.7 Å². The summed E-state index contributed by atoms with van der Waals surface area (Å²) in [5.74, 6) is 0.786. The van der Waals surface area contributed by atoms with E-state index >= 15 is 0 Å². The van der Waals surface area contributed by atoms with Crippen molar-refractivity contribution < 1.29 is 19.7 Å². The highest BCUT2D eigenvalue weighted by atomic mass is 16.5. The molecule has 2 rings (SSSR count). The van der Waals surface area contributed by atoms with Crippen LogP contribution < -0.4 is 15.2 Å². The SMILES string of the molecule is COc1cc([C@H](N)[C@H](O)C2CCCCC2)cc(OC)c1O. The maximum atomic E-state index is 10.5. The Kier molecular flexibility index (Phi) is 5.31. The van der Waals surface area contributed by atoms with Gasteiger partial charge in [-0.1, -0.05) is 19.3 Å². The predicted molar refractivity (Wildman–Crippen MR) is 80.7 cm³/mol. The number of phenolic OH excluding ortho intramolecular Hbond substituents is 1. The van der Waals surface area contributed by atoms with E-state index in [0.717, 1.165) is 25.7 Å². The van der Waals surface area contributed by atoms with Gasteiger partial charge in [0.15, 0.2) is 11.5 Å². The molecular formula is C16H25NO4. The summed E-state index contributed by atoms with van der Waals surface area (Å²) in [4.78, 5) is 0. The summed E-state index contributed by atoms with van der Waals surface area (Å²) in [7, 11) is 2.95. The Morgan fingerprint density at radius 2 is 1.62 bits per heavy atom. The standard InChI is InChI=1S/C16H25NO4/c1-20-12-8-11(9-13(21-2)16(12)19)14(17)15(18)10-6-4-3-5-7-10/h8-10,14-15,18-19H,3-7,17H2,1-2H3/t14-,15+/m0/s1. The molecule has 0 aromatic heterocycles. The number of rotatable bonds is 5. The van der Waals surface area contributed by atoms with Crippen molar-refractivity contribution in [3.05, 3.63) is 17.7 Å². The highest BCUT2D eigenvalue weighted by Gasteiger charge is 2.28. The zero-order valence-corrected chi connectivity index (χ0v) is 12.7. The second-order valence-electron chi connectivity index (χ2n) is 5.69. The number of aromatic hydroxyl groups is 1. The lowest BCUT2D eigenvalue weighted by molar-refractivity contribution is 0.0616. The van der Waals surface area contributed by atoms with E-state index in [1.165, 1.54) is 20.6 Å². The van der Waals surface area contributed by atoms with Gasteiger partial charge in [-0.2, -0.15) is 0 Å². The molecule has 5 heteroatoms. The molecule has 4 N–H and O–H groups in total. The molecule has 0 bridgehead atoms. The molecule has 1 saturated carbocycles. The van der Waals surface area contributed by atoms with Crippen molar-refractivity contribution in [2.45, 2.75) is 44.2 Å². The van der Waals surface area contributed by atoms with Crippen LogP contribution in [0.2, 0.25) is 0 Å². The number of hydrogen-bond acceptors (Lipinski definition) is 5. The molecular weight excluding hydrogens is 270 g/mol. The van der Waals surface area contributed by atoms with Gasteiger partial charge in [-0.15, -0.1) is 0 Å². The Morgan fingerprint density at radius 3 is 2.10 bits per heavy atom. The minimum absolute atomic E-state index is 0.0527. The topological polar surface area (TPSA) is 84.9 Å². The maximum absolute atomic E-state index is 10.5. The molecule has 0 unspecified atom stereocenters. The van der Waals surface area contributed by atoms with Crippen LogP contribution in [0, 0.1) is 5.92 Å². The summed E-state index contributed by atoms with van der Waals surface area (Å²) in [6, 6.07) is 2.81. The van der Waals surface area contributed by atoms with Crippen LogP contribution in [0.5, 0.6) is 17.2 Å². The van der Waals surface area contributed by atoms with Crippen LogP contribution in [0.1, 0.15) is 43.7 Å². The average Bonchev–Trinajstić information content (AvgIpc) is 2.54. The molecule has 1 aliphatic rings. The fourth-order valence-corrected chi connectivity index (χ4v) is 3.07. The van der Waals surface area contributed by atoms with Crippen molar-refractivity contribution >= 4 is 0 Å². The van der Waals surface area contributed by atoms with Crippen molar-refractivity contribution in [3.8, 4) is 17.2 Å². The van der Waals surface area contributed by atoms with Crippen LogP contribution in [-0.4, -0.2) is 30.5 Å². The van der Waals surface area contributed by atoms with Crippen LogP contribution in [0.15, 0.2) is 12.1 Å². The van der Waals surface area contributed by atoms with Gasteiger partial charge < -0.3 is 25.4 Å². The summed E-state index contributed by atoms with van der Waals surface area (Å²) >= 11 is 0. The maximum Gasteiger partial charge on any atom is 0.200 e. The van der Waals surface area contributed by atoms with Crippen LogP contribution in [0.4, 0.5) is 0 Å². The monoisotopic (exact) mass is 295 g/mol. The molecule has 2 atom stereocenters. The first-order valence-electron chi connectivity index (χ1n) is 7.47. The van der Waals surface area contributed by atoms with Crippen molar-refractivity contribution in [3.63, 3.8) is 0 Å². The van der Waals surface area contributed by atoms with Gasteiger partial charge in [-0.3, -0.25) is 0 Å². The highest BCUT2D eigenvalue weighted by molar-refractivity contribution is 5.53. The number of methoxy groups -OCH3 is 2. The zero-order valence-electron chi connectivity index (χ0n) is 12.7. The summed E-state index contributed by atoms with van der Waals surface area (Å²) in [6.45, 7) is 0. The zero-order chi connectivity index (χ0) is 15.4. The molecule has 0 heterocycles. The van der Waals surface area contributed by atoms with E-state index in [0.29, 0.717) is 17.1 Å². The molecule has 0 spiro atoms. The van der Waals surface area contributed by atoms with Gasteiger partial charge in [-0.25, -0.2) is 0 Å². The molecule has 0 amide bonds. The molecule has 0 saturated heterocycles. The normalized spacial score (nSPS) is 19.0. The minimum atomic E-state index is -0.593. The van der Waals surface area contributed by atoms with Crippen LogP contribution in [0.25, 0.3) is 0 Å². The van der Waals surface area contributed by atoms with Gasteiger partial charge >= 0.3 is 0 Å². The van der Waals surface area contributed by atoms with Crippen molar-refractivity contribution in [2.75, 3.05) is 14.2 Å². The van der Waals surface area contributed by atoms with E-state index in [2.05, 4.69) is 0 Å². The van der Waals surface area contributed by atoms with E-state index in [9.17, 15) is 10.2 Å². The molecule has 0 aliphatic heterocycles. The summed E-state index contributed by atoms with van der Waals surface area (Å²) < 4.78 is 10.3. The molecule has 1 aromatic rings. The number of hydrogen-bond donors (Lipinski definition) is 3. The lowest BCUT2D eigenvalue weighted by Gasteiger charge is -2.31. The summed E-state index contributed by atoms with van der Waals surface area (Å²) in [5, 5.41) is 20.5. The molecule has 5 nitrogen and oxygen atoms in total. The van der Waals surface area contributed by atoms with Gasteiger partial charge in [-0.05, 0) is 36.5 Å². The van der Waals surface area contributed by atoms with Gasteiger partial charge in [0.25, 0.3) is 0 Å². The van der Waals surface area contributed by atoms with Crippen LogP contribution in [-0.2, 0) is 0 Å². The predicted octanol–water partition coefficient (Wildman–Crippen LogP) is 2.35. The number of aliphatic hydroxyl groups is 1. The first kappa shape index (κ1) is 15.9. The fourth-order valence-electron chi connectivity index (χ4n) is 3.07. The quantitative estimate of drug-likeness (QED) is 0.776. The number of benzene rings is 1. The third kappa shape index (κ3) is 3.41. The van der Waals surface area contributed by atoms with Gasteiger partial charge in [0, 0.05) is 0 Å². The molecule has 1 aliphatic carbocycles. The Bertz CT molecular complexity index is 446. The third-order valence-electron chi connectivity index (χ3n) is 4.39.